The average molecular weight is 313 g/mol. The van der Waals surface area contributed by atoms with Gasteiger partial charge in [-0.3, -0.25) is 0 Å². The molecule has 2 amide bonds. The number of rotatable bonds is 2. The van der Waals surface area contributed by atoms with Crippen LogP contribution < -0.4 is 5.32 Å². The normalized spacial score (nSPS) is 19.1. The Balaban J connectivity index is 2.07. The molecule has 1 aliphatic heterocycles. The molecular formula is C13H17BrN2O2. The highest BCUT2D eigenvalue weighted by Gasteiger charge is 2.28. The number of aryl methyl sites for hydroxylation is 1. The average Bonchev–Trinajstić information content (AvgIpc) is 2.81. The summed E-state index contributed by atoms with van der Waals surface area (Å²) in [6.45, 7) is 2.70. The van der Waals surface area contributed by atoms with E-state index in [1.807, 2.05) is 25.1 Å². The highest BCUT2D eigenvalue weighted by Crippen LogP contribution is 2.22. The number of likely N-dealkylation sites (tertiary alicyclic amines) is 1. The second kappa shape index (κ2) is 5.71. The first-order valence-electron chi connectivity index (χ1n) is 6.06. The summed E-state index contributed by atoms with van der Waals surface area (Å²) in [4.78, 5) is 13.8. The first-order chi connectivity index (χ1) is 8.61. The van der Waals surface area contributed by atoms with Crippen LogP contribution in [0.1, 0.15) is 18.4 Å². The lowest BCUT2D eigenvalue weighted by Gasteiger charge is -2.23. The van der Waals surface area contributed by atoms with E-state index in [2.05, 4.69) is 21.2 Å². The van der Waals surface area contributed by atoms with Crippen molar-refractivity contribution >= 4 is 27.6 Å². The third-order valence-corrected chi connectivity index (χ3v) is 3.77. The number of anilines is 1. The van der Waals surface area contributed by atoms with E-state index in [4.69, 9.17) is 0 Å². The third-order valence-electron chi connectivity index (χ3n) is 3.28. The molecule has 0 radical (unpaired) electrons. The number of nitrogens with one attached hydrogen (secondary N) is 1. The van der Waals surface area contributed by atoms with Gasteiger partial charge in [0, 0.05) is 16.7 Å². The van der Waals surface area contributed by atoms with Gasteiger partial charge in [-0.2, -0.15) is 0 Å². The lowest BCUT2D eigenvalue weighted by molar-refractivity contribution is 0.166. The lowest BCUT2D eigenvalue weighted by Crippen LogP contribution is -2.40. The fourth-order valence-electron chi connectivity index (χ4n) is 2.25. The Hall–Kier alpha value is -1.07. The zero-order valence-corrected chi connectivity index (χ0v) is 11.9. The van der Waals surface area contributed by atoms with Crippen LogP contribution in [0.2, 0.25) is 0 Å². The summed E-state index contributed by atoms with van der Waals surface area (Å²) in [5.41, 5.74) is 1.82. The van der Waals surface area contributed by atoms with Crippen LogP contribution in [0.5, 0.6) is 0 Å². The van der Waals surface area contributed by atoms with Crippen LogP contribution >= 0.6 is 15.9 Å². The molecule has 1 fully saturated rings. The first kappa shape index (κ1) is 13.4. The fraction of sp³-hybridized carbons (Fsp3) is 0.462. The molecular weight excluding hydrogens is 296 g/mol. The number of aliphatic hydroxyl groups is 1. The number of carbonyl (C=O) groups is 1. The van der Waals surface area contributed by atoms with E-state index in [0.29, 0.717) is 6.54 Å². The quantitative estimate of drug-likeness (QED) is 0.882. The summed E-state index contributed by atoms with van der Waals surface area (Å²) < 4.78 is 0.993. The van der Waals surface area contributed by atoms with Crippen molar-refractivity contribution in [1.82, 2.24) is 4.90 Å². The number of carbonyl (C=O) groups excluding carboxylic acids is 1. The highest BCUT2D eigenvalue weighted by molar-refractivity contribution is 9.10. The summed E-state index contributed by atoms with van der Waals surface area (Å²) in [6, 6.07) is 5.57. The van der Waals surface area contributed by atoms with Gasteiger partial charge in [-0.1, -0.05) is 15.9 Å². The van der Waals surface area contributed by atoms with Gasteiger partial charge in [-0.15, -0.1) is 0 Å². The molecule has 5 heteroatoms. The van der Waals surface area contributed by atoms with Gasteiger partial charge in [-0.05, 0) is 43.5 Å². The standard InChI is InChI=1S/C13H17BrN2O2/c1-9-7-10(14)4-5-12(9)15-13(18)16-6-2-3-11(16)8-17/h4-5,7,11,17H,2-3,6,8H2,1H3,(H,15,18). The number of halogens is 1. The summed E-state index contributed by atoms with van der Waals surface area (Å²) in [5, 5.41) is 12.1. The number of amides is 2. The minimum Gasteiger partial charge on any atom is -0.394 e. The number of hydrogen-bond donors (Lipinski definition) is 2. The van der Waals surface area contributed by atoms with Crippen LogP contribution in [0, 0.1) is 6.92 Å². The molecule has 0 aliphatic carbocycles. The van der Waals surface area contributed by atoms with E-state index in [-0.39, 0.29) is 18.7 Å². The number of aliphatic hydroxyl groups excluding tert-OH is 1. The molecule has 1 atom stereocenters. The van der Waals surface area contributed by atoms with Crippen LogP contribution in [-0.2, 0) is 0 Å². The topological polar surface area (TPSA) is 52.6 Å². The van der Waals surface area contributed by atoms with Crippen LogP contribution in [-0.4, -0.2) is 35.2 Å². The number of urea groups is 1. The van der Waals surface area contributed by atoms with Crippen LogP contribution in [0.15, 0.2) is 22.7 Å². The minimum atomic E-state index is -0.128. The monoisotopic (exact) mass is 312 g/mol. The molecule has 1 aromatic carbocycles. The van der Waals surface area contributed by atoms with Gasteiger partial charge in [0.05, 0.1) is 12.6 Å². The second-order valence-electron chi connectivity index (χ2n) is 4.56. The molecule has 0 bridgehead atoms. The molecule has 1 heterocycles. The third kappa shape index (κ3) is 2.84. The van der Waals surface area contributed by atoms with Gasteiger partial charge in [0.1, 0.15) is 0 Å². The smallest absolute Gasteiger partial charge is 0.322 e. The van der Waals surface area contributed by atoms with Crippen molar-refractivity contribution in [3.8, 4) is 0 Å². The van der Waals surface area contributed by atoms with Gasteiger partial charge in [0.25, 0.3) is 0 Å². The maximum Gasteiger partial charge on any atom is 0.322 e. The fourth-order valence-corrected chi connectivity index (χ4v) is 2.72. The van der Waals surface area contributed by atoms with Crippen molar-refractivity contribution in [3.63, 3.8) is 0 Å². The summed E-state index contributed by atoms with van der Waals surface area (Å²) in [7, 11) is 0. The predicted octanol–water partition coefficient (Wildman–Crippen LogP) is 2.75. The van der Waals surface area contributed by atoms with E-state index < -0.39 is 0 Å². The zero-order chi connectivity index (χ0) is 13.1. The zero-order valence-electron chi connectivity index (χ0n) is 10.3. The molecule has 18 heavy (non-hydrogen) atoms. The van der Waals surface area contributed by atoms with Crippen molar-refractivity contribution < 1.29 is 9.90 Å². The molecule has 0 aromatic heterocycles. The van der Waals surface area contributed by atoms with Crippen molar-refractivity contribution in [1.29, 1.82) is 0 Å². The van der Waals surface area contributed by atoms with Crippen molar-refractivity contribution in [3.05, 3.63) is 28.2 Å². The largest absolute Gasteiger partial charge is 0.394 e. The van der Waals surface area contributed by atoms with E-state index in [9.17, 15) is 9.90 Å². The van der Waals surface area contributed by atoms with Crippen LogP contribution in [0.4, 0.5) is 10.5 Å². The lowest BCUT2D eigenvalue weighted by atomic mass is 10.2. The SMILES string of the molecule is Cc1cc(Br)ccc1NC(=O)N1CCCC1CO. The summed E-state index contributed by atoms with van der Waals surface area (Å²) in [6.07, 6.45) is 1.83. The van der Waals surface area contributed by atoms with Gasteiger partial charge < -0.3 is 15.3 Å². The maximum atomic E-state index is 12.1. The summed E-state index contributed by atoms with van der Waals surface area (Å²) >= 11 is 3.39. The Bertz CT molecular complexity index is 451. The molecule has 0 spiro atoms. The molecule has 1 aliphatic rings. The van der Waals surface area contributed by atoms with E-state index >= 15 is 0 Å². The van der Waals surface area contributed by atoms with Gasteiger partial charge >= 0.3 is 6.03 Å². The van der Waals surface area contributed by atoms with Crippen molar-refractivity contribution in [2.45, 2.75) is 25.8 Å². The number of nitrogens with zero attached hydrogens (tertiary/aromatic N) is 1. The number of benzene rings is 1. The molecule has 0 saturated carbocycles. The Morgan fingerprint density at radius 1 is 1.61 bits per heavy atom. The highest BCUT2D eigenvalue weighted by atomic mass is 79.9. The van der Waals surface area contributed by atoms with Gasteiger partial charge in [0.2, 0.25) is 0 Å². The Morgan fingerprint density at radius 3 is 3.06 bits per heavy atom. The predicted molar refractivity (Wildman–Crippen MR) is 74.7 cm³/mol. The molecule has 1 unspecified atom stereocenters. The van der Waals surface area contributed by atoms with Gasteiger partial charge in [-0.25, -0.2) is 4.79 Å². The molecule has 2 N–H and O–H groups in total. The van der Waals surface area contributed by atoms with E-state index in [1.165, 1.54) is 0 Å². The Kier molecular flexibility index (Phi) is 4.24. The van der Waals surface area contributed by atoms with E-state index in [1.54, 1.807) is 4.90 Å². The summed E-state index contributed by atoms with van der Waals surface area (Å²) in [5.74, 6) is 0. The van der Waals surface area contributed by atoms with Crippen molar-refractivity contribution in [2.75, 3.05) is 18.5 Å². The van der Waals surface area contributed by atoms with Crippen LogP contribution in [0.25, 0.3) is 0 Å². The molecule has 1 aromatic rings. The maximum absolute atomic E-state index is 12.1. The van der Waals surface area contributed by atoms with Crippen LogP contribution in [0.3, 0.4) is 0 Å². The molecule has 98 valence electrons. The van der Waals surface area contributed by atoms with Crippen molar-refractivity contribution in [2.24, 2.45) is 0 Å². The molecule has 4 nitrogen and oxygen atoms in total. The second-order valence-corrected chi connectivity index (χ2v) is 5.48. The van der Waals surface area contributed by atoms with E-state index in [0.717, 1.165) is 28.6 Å². The van der Waals surface area contributed by atoms with Gasteiger partial charge in [0.15, 0.2) is 0 Å². The minimum absolute atomic E-state index is 0.0345. The Labute approximate surface area is 115 Å². The Morgan fingerprint density at radius 2 is 2.39 bits per heavy atom. The first-order valence-corrected chi connectivity index (χ1v) is 6.85. The molecule has 2 rings (SSSR count). The molecule has 1 saturated heterocycles. The number of hydrogen-bond acceptors (Lipinski definition) is 2.